The summed E-state index contributed by atoms with van der Waals surface area (Å²) in [5.74, 6) is -1.03. The summed E-state index contributed by atoms with van der Waals surface area (Å²) in [5.41, 5.74) is 1.92. The Balaban J connectivity index is 1.76. The van der Waals surface area contributed by atoms with Crippen LogP contribution >= 0.6 is 23.2 Å². The third-order valence-electron chi connectivity index (χ3n) is 4.05. The number of anilines is 1. The Hall–Kier alpha value is -2.44. The highest BCUT2D eigenvalue weighted by atomic mass is 35.5. The fourth-order valence-corrected chi connectivity index (χ4v) is 3.48. The first kappa shape index (κ1) is 18.4. The number of ether oxygens (including phenoxy) is 1. The van der Waals surface area contributed by atoms with Gasteiger partial charge in [0.2, 0.25) is 0 Å². The zero-order chi connectivity index (χ0) is 18.7. The average Bonchev–Trinajstić information content (AvgIpc) is 2.60. The molecule has 136 valence electrons. The van der Waals surface area contributed by atoms with Gasteiger partial charge < -0.3 is 20.5 Å². The number of carbonyl (C=O) groups excluding carboxylic acids is 1. The van der Waals surface area contributed by atoms with E-state index in [4.69, 9.17) is 27.9 Å². The van der Waals surface area contributed by atoms with Gasteiger partial charge >= 0.3 is 12.1 Å². The summed E-state index contributed by atoms with van der Waals surface area (Å²) >= 11 is 12.3. The molecule has 0 saturated heterocycles. The Bertz CT molecular complexity index is 829. The summed E-state index contributed by atoms with van der Waals surface area (Å²) < 4.78 is 5.22. The maximum atomic E-state index is 12.2. The minimum atomic E-state index is -1.03. The van der Waals surface area contributed by atoms with Crippen molar-refractivity contribution < 1.29 is 19.4 Å². The Kier molecular flexibility index (Phi) is 5.54. The molecule has 2 atom stereocenters. The van der Waals surface area contributed by atoms with Crippen LogP contribution in [0.25, 0.3) is 0 Å². The molecule has 1 amide bonds. The van der Waals surface area contributed by atoms with E-state index < -0.39 is 24.1 Å². The number of halogens is 2. The smallest absolute Gasteiger partial charge is 0.407 e. The molecule has 8 heteroatoms. The zero-order valence-electron chi connectivity index (χ0n) is 13.5. The van der Waals surface area contributed by atoms with Gasteiger partial charge in [0.1, 0.15) is 12.6 Å². The minimum absolute atomic E-state index is 0.112. The van der Waals surface area contributed by atoms with Crippen LogP contribution in [0.15, 0.2) is 42.5 Å². The van der Waals surface area contributed by atoms with E-state index in [2.05, 4.69) is 10.6 Å². The van der Waals surface area contributed by atoms with Crippen LogP contribution in [0.4, 0.5) is 10.5 Å². The maximum Gasteiger partial charge on any atom is 0.407 e. The first-order chi connectivity index (χ1) is 12.4. The lowest BCUT2D eigenvalue weighted by Gasteiger charge is -2.32. The topological polar surface area (TPSA) is 87.7 Å². The summed E-state index contributed by atoms with van der Waals surface area (Å²) in [6, 6.07) is 10.9. The molecule has 0 aromatic heterocycles. The highest BCUT2D eigenvalue weighted by molar-refractivity contribution is 6.35. The molecular formula is C18H16Cl2N2O4. The quantitative estimate of drug-likeness (QED) is 0.721. The maximum absolute atomic E-state index is 12.2. The Morgan fingerprint density at radius 2 is 1.96 bits per heavy atom. The number of nitrogens with one attached hydrogen (secondary N) is 2. The second-order valence-corrected chi connectivity index (χ2v) is 6.72. The van der Waals surface area contributed by atoms with Crippen molar-refractivity contribution in [3.63, 3.8) is 0 Å². The zero-order valence-corrected chi connectivity index (χ0v) is 15.1. The lowest BCUT2D eigenvalue weighted by atomic mass is 9.93. The summed E-state index contributed by atoms with van der Waals surface area (Å²) in [7, 11) is 0. The molecule has 3 rings (SSSR count). The standard InChI is InChI=1S/C18H16Cl2N2O4/c19-11-6-12(20)16-13(7-11)21-15(17(23)24)8-14(16)22-18(25)26-9-10-4-2-1-3-5-10/h1-7,14-15,21H,8-9H2,(H,22,25)(H,23,24)/t14-,15+/m1/s1. The number of carboxylic acids is 1. The molecule has 0 saturated carbocycles. The number of aliphatic carboxylic acids is 1. The van der Waals surface area contributed by atoms with Crippen molar-refractivity contribution in [2.75, 3.05) is 5.32 Å². The van der Waals surface area contributed by atoms with Gasteiger partial charge in [-0.25, -0.2) is 9.59 Å². The van der Waals surface area contributed by atoms with E-state index in [1.807, 2.05) is 30.3 Å². The predicted molar refractivity (Wildman–Crippen MR) is 98.6 cm³/mol. The highest BCUT2D eigenvalue weighted by Gasteiger charge is 2.33. The van der Waals surface area contributed by atoms with Gasteiger partial charge in [0.05, 0.1) is 6.04 Å². The highest BCUT2D eigenvalue weighted by Crippen LogP contribution is 2.39. The Labute approximate surface area is 160 Å². The summed E-state index contributed by atoms with van der Waals surface area (Å²) in [6.07, 6.45) is -0.522. The molecule has 26 heavy (non-hydrogen) atoms. The number of fused-ring (bicyclic) bond motifs is 1. The van der Waals surface area contributed by atoms with Gasteiger partial charge in [0, 0.05) is 27.7 Å². The molecule has 0 aliphatic carbocycles. The van der Waals surface area contributed by atoms with E-state index in [0.717, 1.165) is 5.56 Å². The minimum Gasteiger partial charge on any atom is -0.480 e. The van der Waals surface area contributed by atoms with Crippen LogP contribution in [0, 0.1) is 0 Å². The normalized spacial score (nSPS) is 18.4. The number of rotatable bonds is 4. The Morgan fingerprint density at radius 1 is 1.23 bits per heavy atom. The molecular weight excluding hydrogens is 379 g/mol. The van der Waals surface area contributed by atoms with E-state index in [1.165, 1.54) is 0 Å². The third kappa shape index (κ3) is 4.20. The summed E-state index contributed by atoms with van der Waals surface area (Å²) in [6.45, 7) is 0.112. The van der Waals surface area contributed by atoms with Crippen molar-refractivity contribution in [2.24, 2.45) is 0 Å². The number of amides is 1. The number of alkyl carbamates (subject to hydrolysis) is 1. The molecule has 6 nitrogen and oxygen atoms in total. The van der Waals surface area contributed by atoms with Gasteiger partial charge in [-0.2, -0.15) is 0 Å². The van der Waals surface area contributed by atoms with E-state index >= 15 is 0 Å². The fraction of sp³-hybridized carbons (Fsp3) is 0.222. The number of hydrogen-bond acceptors (Lipinski definition) is 4. The number of hydrogen-bond donors (Lipinski definition) is 3. The lowest BCUT2D eigenvalue weighted by Crippen LogP contribution is -2.41. The monoisotopic (exact) mass is 394 g/mol. The fourth-order valence-electron chi connectivity index (χ4n) is 2.86. The predicted octanol–water partition coefficient (Wildman–Crippen LogP) is 4.23. The van der Waals surface area contributed by atoms with Gasteiger partial charge in [0.15, 0.2) is 0 Å². The molecule has 0 fully saturated rings. The van der Waals surface area contributed by atoms with Gasteiger partial charge in [-0.3, -0.25) is 0 Å². The van der Waals surface area contributed by atoms with Crippen LogP contribution in [-0.2, 0) is 16.1 Å². The second-order valence-electron chi connectivity index (χ2n) is 5.88. The molecule has 2 aromatic carbocycles. The van der Waals surface area contributed by atoms with Crippen LogP contribution in [0.1, 0.15) is 23.6 Å². The van der Waals surface area contributed by atoms with Crippen LogP contribution < -0.4 is 10.6 Å². The van der Waals surface area contributed by atoms with Crippen molar-refractivity contribution in [1.29, 1.82) is 0 Å². The van der Waals surface area contributed by atoms with Gasteiger partial charge in [-0.1, -0.05) is 53.5 Å². The largest absolute Gasteiger partial charge is 0.480 e. The lowest BCUT2D eigenvalue weighted by molar-refractivity contribution is -0.138. The number of carbonyl (C=O) groups is 2. The summed E-state index contributed by atoms with van der Waals surface area (Å²) in [5, 5.41) is 15.6. The first-order valence-corrected chi connectivity index (χ1v) is 8.65. The van der Waals surface area contributed by atoms with Crippen molar-refractivity contribution in [2.45, 2.75) is 25.1 Å². The average molecular weight is 395 g/mol. The van der Waals surface area contributed by atoms with Gasteiger partial charge in [0.25, 0.3) is 0 Å². The summed E-state index contributed by atoms with van der Waals surface area (Å²) in [4.78, 5) is 23.6. The third-order valence-corrected chi connectivity index (χ3v) is 4.58. The molecule has 1 aliphatic heterocycles. The van der Waals surface area contributed by atoms with E-state index in [-0.39, 0.29) is 13.0 Å². The van der Waals surface area contributed by atoms with Crippen molar-refractivity contribution in [1.82, 2.24) is 5.32 Å². The molecule has 1 heterocycles. The van der Waals surface area contributed by atoms with Crippen LogP contribution in [-0.4, -0.2) is 23.2 Å². The molecule has 0 bridgehead atoms. The van der Waals surface area contributed by atoms with Gasteiger partial charge in [-0.15, -0.1) is 0 Å². The van der Waals surface area contributed by atoms with Gasteiger partial charge in [-0.05, 0) is 17.7 Å². The van der Waals surface area contributed by atoms with E-state index in [0.29, 0.717) is 21.3 Å². The van der Waals surface area contributed by atoms with Crippen LogP contribution in [0.3, 0.4) is 0 Å². The van der Waals surface area contributed by atoms with E-state index in [1.54, 1.807) is 12.1 Å². The van der Waals surface area contributed by atoms with Crippen molar-refractivity contribution >= 4 is 41.0 Å². The molecule has 1 aliphatic rings. The Morgan fingerprint density at radius 3 is 2.65 bits per heavy atom. The molecule has 3 N–H and O–H groups in total. The molecule has 2 aromatic rings. The second kappa shape index (κ2) is 7.85. The van der Waals surface area contributed by atoms with Crippen molar-refractivity contribution in [3.8, 4) is 0 Å². The number of carboxylic acid groups (broad SMARTS) is 1. The molecule has 0 spiro atoms. The van der Waals surface area contributed by atoms with Crippen LogP contribution in [0.5, 0.6) is 0 Å². The van der Waals surface area contributed by atoms with E-state index in [9.17, 15) is 14.7 Å². The number of benzene rings is 2. The molecule has 0 radical (unpaired) electrons. The first-order valence-electron chi connectivity index (χ1n) is 7.89. The van der Waals surface area contributed by atoms with Crippen LogP contribution in [0.2, 0.25) is 10.0 Å². The molecule has 0 unspecified atom stereocenters. The SMILES string of the molecule is O=C(N[C@@H]1C[C@@H](C(=O)O)Nc2cc(Cl)cc(Cl)c21)OCc1ccccc1. The van der Waals surface area contributed by atoms with Crippen molar-refractivity contribution in [3.05, 3.63) is 63.6 Å².